The highest BCUT2D eigenvalue weighted by Gasteiger charge is 2.35. The zero-order chi connectivity index (χ0) is 16.2. The lowest BCUT2D eigenvalue weighted by Gasteiger charge is -2.21. The molecule has 6 heteroatoms. The molecule has 118 valence electrons. The quantitative estimate of drug-likeness (QED) is 0.712. The van der Waals surface area contributed by atoms with Crippen molar-refractivity contribution in [1.82, 2.24) is 0 Å². The highest BCUT2D eigenvalue weighted by molar-refractivity contribution is 7.51. The first-order chi connectivity index (χ1) is 10.4. The maximum Gasteiger partial charge on any atom is 0.387 e. The fourth-order valence-corrected chi connectivity index (χ4v) is 3.40. The molecule has 0 radical (unpaired) electrons. The minimum atomic E-state index is -4.29. The summed E-state index contributed by atoms with van der Waals surface area (Å²) in [6.07, 6.45) is 0. The first-order valence-corrected chi connectivity index (χ1v) is 8.69. The van der Waals surface area contributed by atoms with Crippen molar-refractivity contribution in [2.45, 2.75) is 18.7 Å². The Morgan fingerprint density at radius 1 is 1.00 bits per heavy atom. The van der Waals surface area contributed by atoms with Gasteiger partial charge in [0.25, 0.3) is 0 Å². The number of quaternary nitrogens is 1. The number of hydrogen-bond acceptors (Lipinski definition) is 2. The second-order valence-corrected chi connectivity index (χ2v) is 6.93. The molecule has 0 saturated heterocycles. The molecule has 0 aliphatic heterocycles. The average Bonchev–Trinajstić information content (AvgIpc) is 2.52. The predicted molar refractivity (Wildman–Crippen MR) is 84.6 cm³/mol. The fraction of sp³-hybridized carbons (Fsp3) is 0.250. The second-order valence-electron chi connectivity index (χ2n) is 5.20. The van der Waals surface area contributed by atoms with Crippen molar-refractivity contribution in [3.63, 3.8) is 0 Å². The summed E-state index contributed by atoms with van der Waals surface area (Å²) in [7, 11) is -2.74. The number of ether oxygens (including phenoxy) is 1. The monoisotopic (exact) mass is 322 g/mol. The summed E-state index contributed by atoms with van der Waals surface area (Å²) >= 11 is 0. The Kier molecular flexibility index (Phi) is 5.37. The van der Waals surface area contributed by atoms with Crippen LogP contribution in [0.4, 0.5) is 0 Å². The van der Waals surface area contributed by atoms with Crippen molar-refractivity contribution >= 4 is 7.60 Å². The van der Waals surface area contributed by atoms with E-state index in [0.29, 0.717) is 11.3 Å². The molecule has 0 aliphatic carbocycles. The summed E-state index contributed by atoms with van der Waals surface area (Å²) < 4.78 is 17.0. The topological polar surface area (TPSA) is 83.4 Å². The smallest absolute Gasteiger partial charge is 0.387 e. The molecule has 2 atom stereocenters. The van der Waals surface area contributed by atoms with Gasteiger partial charge in [-0.2, -0.15) is 0 Å². The summed E-state index contributed by atoms with van der Waals surface area (Å²) in [5, 5.41) is 1.71. The lowest BCUT2D eigenvalue weighted by molar-refractivity contribution is -0.714. The van der Waals surface area contributed by atoms with Gasteiger partial charge in [-0.15, -0.1) is 0 Å². The van der Waals surface area contributed by atoms with Gasteiger partial charge in [0, 0.05) is 11.1 Å². The first-order valence-electron chi connectivity index (χ1n) is 7.01. The van der Waals surface area contributed by atoms with Gasteiger partial charge in [-0.3, -0.25) is 4.57 Å². The van der Waals surface area contributed by atoms with Crippen LogP contribution in [0.5, 0.6) is 5.75 Å². The molecule has 4 N–H and O–H groups in total. The molecule has 0 saturated carbocycles. The van der Waals surface area contributed by atoms with Crippen molar-refractivity contribution in [3.05, 3.63) is 65.7 Å². The van der Waals surface area contributed by atoms with Gasteiger partial charge < -0.3 is 19.8 Å². The molecule has 0 unspecified atom stereocenters. The second kappa shape index (κ2) is 7.07. The Bertz CT molecular complexity index is 639. The van der Waals surface area contributed by atoms with Crippen LogP contribution in [-0.2, 0) is 4.57 Å². The lowest BCUT2D eigenvalue weighted by atomic mass is 10.1. The summed E-state index contributed by atoms with van der Waals surface area (Å²) in [4.78, 5) is 19.4. The van der Waals surface area contributed by atoms with Crippen LogP contribution in [0.1, 0.15) is 29.9 Å². The highest BCUT2D eigenvalue weighted by atomic mass is 31.2. The Labute approximate surface area is 130 Å². The molecular weight excluding hydrogens is 301 g/mol. The normalized spacial score (nSPS) is 14.4. The largest absolute Gasteiger partial charge is 0.497 e. The third-order valence-electron chi connectivity index (χ3n) is 3.62. The molecule has 0 aliphatic rings. The summed E-state index contributed by atoms with van der Waals surface area (Å²) in [5.74, 6) is -0.280. The van der Waals surface area contributed by atoms with Crippen LogP contribution in [0.15, 0.2) is 54.6 Å². The third-order valence-corrected chi connectivity index (χ3v) is 4.81. The van der Waals surface area contributed by atoms with Crippen molar-refractivity contribution in [2.75, 3.05) is 7.11 Å². The molecule has 0 bridgehead atoms. The van der Waals surface area contributed by atoms with Crippen LogP contribution in [0.25, 0.3) is 0 Å². The van der Waals surface area contributed by atoms with Gasteiger partial charge in [0.15, 0.2) is 0 Å². The first kappa shape index (κ1) is 16.7. The molecule has 2 aromatic rings. The zero-order valence-corrected chi connectivity index (χ0v) is 13.5. The number of hydrogen-bond donors (Lipinski definition) is 3. The number of nitrogens with two attached hydrogens (primary N) is 1. The highest BCUT2D eigenvalue weighted by Crippen LogP contribution is 2.47. The van der Waals surface area contributed by atoms with E-state index < -0.39 is 13.4 Å². The summed E-state index contributed by atoms with van der Waals surface area (Å²) in [6, 6.07) is 16.4. The summed E-state index contributed by atoms with van der Waals surface area (Å²) in [6.45, 7) is 1.93. The molecule has 0 heterocycles. The molecule has 2 aromatic carbocycles. The van der Waals surface area contributed by atoms with Crippen molar-refractivity contribution < 1.29 is 24.4 Å². The predicted octanol–water partition coefficient (Wildman–Crippen LogP) is 2.20. The van der Waals surface area contributed by atoms with E-state index in [1.54, 1.807) is 36.7 Å². The number of methoxy groups -OCH3 is 1. The lowest BCUT2D eigenvalue weighted by Crippen LogP contribution is -2.85. The van der Waals surface area contributed by atoms with Gasteiger partial charge in [0.2, 0.25) is 5.78 Å². The van der Waals surface area contributed by atoms with Crippen LogP contribution in [-0.4, -0.2) is 16.9 Å². The maximum atomic E-state index is 11.9. The Hall–Kier alpha value is -1.65. The Morgan fingerprint density at radius 2 is 1.59 bits per heavy atom. The Balaban J connectivity index is 2.25. The van der Waals surface area contributed by atoms with Gasteiger partial charge in [0.1, 0.15) is 11.8 Å². The molecule has 0 aromatic heterocycles. The van der Waals surface area contributed by atoms with Gasteiger partial charge in [-0.1, -0.05) is 30.3 Å². The van der Waals surface area contributed by atoms with Crippen molar-refractivity contribution in [1.29, 1.82) is 0 Å². The standard InChI is InChI=1S/C16H20NO4P/c1-12(13-6-4-3-5-7-13)17-16(22(18,19)20)14-8-10-15(21-2)11-9-14/h3-12,16-17H,1-2H3,(H2,18,19,20)/p+1/t12-,16+/m1/s1. The van der Waals surface area contributed by atoms with Crippen molar-refractivity contribution in [3.8, 4) is 5.75 Å². The number of benzene rings is 2. The van der Waals surface area contributed by atoms with Crippen LogP contribution in [0.2, 0.25) is 0 Å². The Morgan fingerprint density at radius 3 is 2.09 bits per heavy atom. The van der Waals surface area contributed by atoms with Crippen LogP contribution in [0, 0.1) is 0 Å². The van der Waals surface area contributed by atoms with Gasteiger partial charge in [0.05, 0.1) is 7.11 Å². The molecule has 22 heavy (non-hydrogen) atoms. The van der Waals surface area contributed by atoms with E-state index in [1.165, 1.54) is 0 Å². The molecule has 2 rings (SSSR count). The maximum absolute atomic E-state index is 11.9. The molecular formula is C16H21NO4P+. The van der Waals surface area contributed by atoms with Gasteiger partial charge in [-0.25, -0.2) is 0 Å². The minimum Gasteiger partial charge on any atom is -0.497 e. The third kappa shape index (κ3) is 4.18. The average molecular weight is 322 g/mol. The molecule has 0 spiro atoms. The van der Waals surface area contributed by atoms with Crippen LogP contribution >= 0.6 is 7.60 Å². The van der Waals surface area contributed by atoms with Crippen LogP contribution in [0.3, 0.4) is 0 Å². The van der Waals surface area contributed by atoms with Crippen molar-refractivity contribution in [2.24, 2.45) is 0 Å². The van der Waals surface area contributed by atoms with E-state index in [4.69, 9.17) is 4.74 Å². The SMILES string of the molecule is COc1ccc([C@@H]([NH2+][C@H](C)c2ccccc2)P(=O)(O)O)cc1. The van der Waals surface area contributed by atoms with Crippen LogP contribution < -0.4 is 10.1 Å². The van der Waals surface area contributed by atoms with E-state index in [2.05, 4.69) is 0 Å². The van der Waals surface area contributed by atoms with Gasteiger partial charge >= 0.3 is 7.60 Å². The van der Waals surface area contributed by atoms with E-state index in [-0.39, 0.29) is 6.04 Å². The van der Waals surface area contributed by atoms with E-state index >= 15 is 0 Å². The summed E-state index contributed by atoms with van der Waals surface area (Å²) in [5.41, 5.74) is 1.60. The molecule has 5 nitrogen and oxygen atoms in total. The van der Waals surface area contributed by atoms with E-state index in [1.807, 2.05) is 37.3 Å². The van der Waals surface area contributed by atoms with Gasteiger partial charge in [-0.05, 0) is 31.2 Å². The fourth-order valence-electron chi connectivity index (χ4n) is 2.36. The zero-order valence-electron chi connectivity index (χ0n) is 12.6. The van der Waals surface area contributed by atoms with E-state index in [9.17, 15) is 14.4 Å². The molecule has 0 fully saturated rings. The molecule has 0 amide bonds. The number of rotatable bonds is 6. The van der Waals surface area contributed by atoms with E-state index in [0.717, 1.165) is 5.56 Å². The minimum absolute atomic E-state index is 0.0686.